The van der Waals surface area contributed by atoms with Crippen LogP contribution in [0.2, 0.25) is 0 Å². The maximum Gasteiger partial charge on any atom is 0.325 e. The zero-order valence-electron chi connectivity index (χ0n) is 17.0. The van der Waals surface area contributed by atoms with E-state index >= 15 is 0 Å². The fraction of sp³-hybridized carbons (Fsp3) is 0.160. The molecule has 0 aliphatic carbocycles. The summed E-state index contributed by atoms with van der Waals surface area (Å²) in [5, 5.41) is 5.40. The highest BCUT2D eigenvalue weighted by molar-refractivity contribution is 5.96. The van der Waals surface area contributed by atoms with E-state index in [9.17, 15) is 14.4 Å². The minimum absolute atomic E-state index is 0.257. The minimum Gasteiger partial charge on any atom is -0.454 e. The lowest BCUT2D eigenvalue weighted by atomic mass is 9.99. The van der Waals surface area contributed by atoms with E-state index in [1.54, 1.807) is 30.3 Å². The molecular formula is C25H24N2O4. The first-order valence-corrected chi connectivity index (χ1v) is 9.99. The number of rotatable bonds is 9. The van der Waals surface area contributed by atoms with Crippen LogP contribution < -0.4 is 10.6 Å². The van der Waals surface area contributed by atoms with Crippen molar-refractivity contribution in [2.75, 3.05) is 13.2 Å². The van der Waals surface area contributed by atoms with Gasteiger partial charge in [-0.3, -0.25) is 14.4 Å². The van der Waals surface area contributed by atoms with Crippen molar-refractivity contribution in [2.45, 2.75) is 12.5 Å². The normalized spacial score (nSPS) is 11.2. The van der Waals surface area contributed by atoms with Crippen LogP contribution in [0.4, 0.5) is 0 Å². The number of ether oxygens (including phenoxy) is 1. The molecule has 1 unspecified atom stereocenters. The first-order chi connectivity index (χ1) is 15.1. The average molecular weight is 416 g/mol. The van der Waals surface area contributed by atoms with Crippen LogP contribution in [-0.4, -0.2) is 30.9 Å². The lowest BCUT2D eigenvalue weighted by Gasteiger charge is -2.19. The fourth-order valence-corrected chi connectivity index (χ4v) is 3.06. The van der Waals surface area contributed by atoms with Crippen molar-refractivity contribution in [3.05, 3.63) is 108 Å². The lowest BCUT2D eigenvalue weighted by molar-refractivity contribution is -0.147. The van der Waals surface area contributed by atoms with Gasteiger partial charge in [-0.2, -0.15) is 0 Å². The molecule has 0 spiro atoms. The number of benzene rings is 3. The molecule has 0 radical (unpaired) electrons. The van der Waals surface area contributed by atoms with E-state index in [0.717, 1.165) is 11.1 Å². The highest BCUT2D eigenvalue weighted by atomic mass is 16.5. The summed E-state index contributed by atoms with van der Waals surface area (Å²) in [7, 11) is 0. The topological polar surface area (TPSA) is 84.5 Å². The van der Waals surface area contributed by atoms with Crippen LogP contribution in [-0.2, 0) is 20.7 Å². The van der Waals surface area contributed by atoms with Crippen LogP contribution >= 0.6 is 0 Å². The predicted molar refractivity (Wildman–Crippen MR) is 117 cm³/mol. The molecule has 0 saturated heterocycles. The average Bonchev–Trinajstić information content (AvgIpc) is 2.82. The smallest absolute Gasteiger partial charge is 0.325 e. The third-order valence-electron chi connectivity index (χ3n) is 4.61. The Balaban J connectivity index is 1.50. The van der Waals surface area contributed by atoms with Crippen LogP contribution in [0.3, 0.4) is 0 Å². The van der Waals surface area contributed by atoms with E-state index in [1.165, 1.54) is 0 Å². The van der Waals surface area contributed by atoms with Gasteiger partial charge in [-0.1, -0.05) is 78.9 Å². The Morgan fingerprint density at radius 1 is 0.774 bits per heavy atom. The fourth-order valence-electron chi connectivity index (χ4n) is 3.06. The van der Waals surface area contributed by atoms with Crippen molar-refractivity contribution in [2.24, 2.45) is 0 Å². The quantitative estimate of drug-likeness (QED) is 0.525. The summed E-state index contributed by atoms with van der Waals surface area (Å²) in [6, 6.07) is 27.7. The molecule has 0 aromatic heterocycles. The third-order valence-corrected chi connectivity index (χ3v) is 4.61. The van der Waals surface area contributed by atoms with Gasteiger partial charge in [0, 0.05) is 5.56 Å². The van der Waals surface area contributed by atoms with Gasteiger partial charge in [0.15, 0.2) is 6.61 Å². The number of hydrogen-bond donors (Lipinski definition) is 2. The maximum atomic E-state index is 12.4. The van der Waals surface area contributed by atoms with Crippen molar-refractivity contribution in [3.63, 3.8) is 0 Å². The first-order valence-electron chi connectivity index (χ1n) is 9.99. The second-order valence-electron chi connectivity index (χ2n) is 6.93. The Hall–Kier alpha value is -3.93. The van der Waals surface area contributed by atoms with Crippen LogP contribution in [0.15, 0.2) is 91.0 Å². The molecule has 0 saturated carbocycles. The number of carbonyl (C=O) groups excluding carboxylic acids is 3. The van der Waals surface area contributed by atoms with E-state index in [0.29, 0.717) is 12.0 Å². The zero-order chi connectivity index (χ0) is 21.9. The SMILES string of the molecule is O=C(COC(=O)CNC(=O)c1ccccc1)NC(Cc1ccccc1)c1ccccc1. The number of carbonyl (C=O) groups is 3. The molecule has 2 N–H and O–H groups in total. The van der Waals surface area contributed by atoms with Gasteiger partial charge >= 0.3 is 5.97 Å². The Kier molecular flexibility index (Phi) is 7.94. The highest BCUT2D eigenvalue weighted by Gasteiger charge is 2.17. The molecule has 0 fully saturated rings. The van der Waals surface area contributed by atoms with E-state index in [-0.39, 0.29) is 18.5 Å². The van der Waals surface area contributed by atoms with Gasteiger partial charge in [-0.05, 0) is 29.7 Å². The molecule has 0 bridgehead atoms. The molecule has 6 heteroatoms. The highest BCUT2D eigenvalue weighted by Crippen LogP contribution is 2.18. The molecule has 0 aliphatic rings. The summed E-state index contributed by atoms with van der Waals surface area (Å²) in [5.74, 6) is -1.47. The van der Waals surface area contributed by atoms with Crippen LogP contribution in [0.5, 0.6) is 0 Å². The standard InChI is InChI=1S/C25H24N2O4/c28-23(18-31-24(29)17-26-25(30)21-14-8-3-9-15-21)27-22(20-12-6-2-7-13-20)16-19-10-4-1-5-11-19/h1-15,22H,16-18H2,(H,26,30)(H,27,28). The first kappa shape index (κ1) is 21.8. The van der Waals surface area contributed by atoms with Crippen molar-refractivity contribution < 1.29 is 19.1 Å². The van der Waals surface area contributed by atoms with Gasteiger partial charge in [-0.25, -0.2) is 0 Å². The Labute approximate surface area is 181 Å². The largest absolute Gasteiger partial charge is 0.454 e. The third kappa shape index (κ3) is 7.12. The molecule has 3 aromatic carbocycles. The predicted octanol–water partition coefficient (Wildman–Crippen LogP) is 3.06. The minimum atomic E-state index is -0.682. The molecule has 31 heavy (non-hydrogen) atoms. The van der Waals surface area contributed by atoms with Crippen LogP contribution in [0.25, 0.3) is 0 Å². The molecule has 0 aliphatic heterocycles. The Morgan fingerprint density at radius 2 is 1.35 bits per heavy atom. The van der Waals surface area contributed by atoms with Gasteiger partial charge in [-0.15, -0.1) is 0 Å². The van der Waals surface area contributed by atoms with Crippen molar-refractivity contribution >= 4 is 17.8 Å². The lowest BCUT2D eigenvalue weighted by Crippen LogP contribution is -2.36. The van der Waals surface area contributed by atoms with Gasteiger partial charge < -0.3 is 15.4 Å². The molecular weight excluding hydrogens is 392 g/mol. The number of esters is 1. The maximum absolute atomic E-state index is 12.4. The molecule has 3 aromatic rings. The number of nitrogens with one attached hydrogen (secondary N) is 2. The second-order valence-corrected chi connectivity index (χ2v) is 6.93. The summed E-state index contributed by atoms with van der Waals surface area (Å²) in [6.07, 6.45) is 0.609. The molecule has 6 nitrogen and oxygen atoms in total. The Bertz CT molecular complexity index is 992. The second kappa shape index (κ2) is 11.3. The Morgan fingerprint density at radius 3 is 2.00 bits per heavy atom. The van der Waals surface area contributed by atoms with Gasteiger partial charge in [0.05, 0.1) is 6.04 Å². The van der Waals surface area contributed by atoms with E-state index in [1.807, 2.05) is 60.7 Å². The zero-order valence-corrected chi connectivity index (χ0v) is 17.0. The van der Waals surface area contributed by atoms with Crippen molar-refractivity contribution in [1.82, 2.24) is 10.6 Å². The summed E-state index contributed by atoms with van der Waals surface area (Å²) >= 11 is 0. The summed E-state index contributed by atoms with van der Waals surface area (Å²) in [4.78, 5) is 36.3. The van der Waals surface area contributed by atoms with E-state index in [4.69, 9.17) is 4.74 Å². The van der Waals surface area contributed by atoms with Crippen molar-refractivity contribution in [3.8, 4) is 0 Å². The number of hydrogen-bond acceptors (Lipinski definition) is 4. The molecule has 2 amide bonds. The summed E-state index contributed by atoms with van der Waals surface area (Å²) in [6.45, 7) is -0.731. The van der Waals surface area contributed by atoms with Crippen LogP contribution in [0.1, 0.15) is 27.5 Å². The monoisotopic (exact) mass is 416 g/mol. The molecule has 1 atom stereocenters. The van der Waals surface area contributed by atoms with Gasteiger partial charge in [0.25, 0.3) is 11.8 Å². The van der Waals surface area contributed by atoms with E-state index in [2.05, 4.69) is 10.6 Å². The molecule has 158 valence electrons. The van der Waals surface area contributed by atoms with E-state index < -0.39 is 18.5 Å². The van der Waals surface area contributed by atoms with Gasteiger partial charge in [0.2, 0.25) is 0 Å². The van der Waals surface area contributed by atoms with Crippen LogP contribution in [0, 0.1) is 0 Å². The summed E-state index contributed by atoms with van der Waals surface area (Å²) in [5.41, 5.74) is 2.48. The summed E-state index contributed by atoms with van der Waals surface area (Å²) < 4.78 is 5.01. The number of amides is 2. The molecule has 0 heterocycles. The van der Waals surface area contributed by atoms with Crippen molar-refractivity contribution in [1.29, 1.82) is 0 Å². The van der Waals surface area contributed by atoms with Gasteiger partial charge in [0.1, 0.15) is 6.54 Å². The molecule has 3 rings (SSSR count).